The molecule has 0 aromatic heterocycles. The van der Waals surface area contributed by atoms with Gasteiger partial charge in [0.1, 0.15) is 0 Å². The Kier molecular flexibility index (Phi) is 2.69. The summed E-state index contributed by atoms with van der Waals surface area (Å²) in [5.41, 5.74) is 3.26. The standard InChI is InChI=1S/C16H22O3/c1-10-6-5-7-15(3)9-16(18-4)13(8-12(10)15)11(2)14(17)19-16/h12H,1,5-9H2,2-4H3/t12-,15+,16-/m0/s1. The second kappa shape index (κ2) is 3.95. The number of esters is 1. The zero-order valence-electron chi connectivity index (χ0n) is 12.0. The molecule has 3 aliphatic rings. The van der Waals surface area contributed by atoms with Gasteiger partial charge >= 0.3 is 5.97 Å². The summed E-state index contributed by atoms with van der Waals surface area (Å²) >= 11 is 0. The van der Waals surface area contributed by atoms with E-state index in [4.69, 9.17) is 9.47 Å². The summed E-state index contributed by atoms with van der Waals surface area (Å²) in [6.45, 7) is 8.41. The minimum Gasteiger partial charge on any atom is -0.426 e. The average molecular weight is 262 g/mol. The molecule has 1 aliphatic heterocycles. The molecule has 3 heteroatoms. The van der Waals surface area contributed by atoms with E-state index < -0.39 is 5.79 Å². The fourth-order valence-corrected chi connectivity index (χ4v) is 4.28. The second-order valence-electron chi connectivity index (χ2n) is 6.55. The quantitative estimate of drug-likeness (QED) is 0.537. The maximum Gasteiger partial charge on any atom is 0.336 e. The van der Waals surface area contributed by atoms with Crippen LogP contribution in [0.2, 0.25) is 0 Å². The van der Waals surface area contributed by atoms with Crippen molar-refractivity contribution >= 4 is 5.97 Å². The van der Waals surface area contributed by atoms with Crippen LogP contribution in [0.5, 0.6) is 0 Å². The molecule has 3 atom stereocenters. The van der Waals surface area contributed by atoms with Gasteiger partial charge in [-0.1, -0.05) is 19.1 Å². The predicted molar refractivity (Wildman–Crippen MR) is 72.4 cm³/mol. The molecule has 0 aromatic carbocycles. The number of carbonyl (C=O) groups is 1. The SMILES string of the molecule is C=C1CCC[C@]2(C)C[C@]3(OC)OC(=O)C(C)=C3C[C@@H]12. The van der Waals surface area contributed by atoms with Crippen LogP contribution in [0, 0.1) is 11.3 Å². The molecule has 0 saturated heterocycles. The Morgan fingerprint density at radius 3 is 2.89 bits per heavy atom. The molecular weight excluding hydrogens is 240 g/mol. The van der Waals surface area contributed by atoms with Gasteiger partial charge in [-0.3, -0.25) is 0 Å². The van der Waals surface area contributed by atoms with E-state index in [1.54, 1.807) is 7.11 Å². The Hall–Kier alpha value is -1.09. The van der Waals surface area contributed by atoms with Crippen molar-refractivity contribution in [1.82, 2.24) is 0 Å². The van der Waals surface area contributed by atoms with Gasteiger partial charge in [0.2, 0.25) is 5.79 Å². The van der Waals surface area contributed by atoms with Gasteiger partial charge in [0, 0.05) is 24.7 Å². The highest BCUT2D eigenvalue weighted by Crippen LogP contribution is 2.59. The van der Waals surface area contributed by atoms with E-state index in [9.17, 15) is 4.79 Å². The van der Waals surface area contributed by atoms with Crippen molar-refractivity contribution in [3.05, 3.63) is 23.3 Å². The maximum atomic E-state index is 11.9. The number of methoxy groups -OCH3 is 1. The Balaban J connectivity index is 2.05. The van der Waals surface area contributed by atoms with Gasteiger partial charge in [0.05, 0.1) is 0 Å². The third kappa shape index (κ3) is 1.64. The number of ether oxygens (including phenoxy) is 2. The lowest BCUT2D eigenvalue weighted by Gasteiger charge is -2.51. The summed E-state index contributed by atoms with van der Waals surface area (Å²) in [7, 11) is 1.65. The summed E-state index contributed by atoms with van der Waals surface area (Å²) in [5, 5.41) is 0. The first kappa shape index (κ1) is 12.9. The summed E-state index contributed by atoms with van der Waals surface area (Å²) in [6.07, 6.45) is 5.07. The van der Waals surface area contributed by atoms with E-state index in [1.807, 2.05) is 6.92 Å². The number of carbonyl (C=O) groups excluding carboxylic acids is 1. The first-order chi connectivity index (χ1) is 8.92. The first-order valence-electron chi connectivity index (χ1n) is 7.08. The minimum absolute atomic E-state index is 0.139. The van der Waals surface area contributed by atoms with Crippen molar-refractivity contribution in [2.45, 2.75) is 51.7 Å². The lowest BCUT2D eigenvalue weighted by Crippen LogP contribution is -2.49. The summed E-state index contributed by atoms with van der Waals surface area (Å²) < 4.78 is 11.3. The van der Waals surface area contributed by atoms with Crippen molar-refractivity contribution in [2.24, 2.45) is 11.3 Å². The summed E-state index contributed by atoms with van der Waals surface area (Å²) in [6, 6.07) is 0. The van der Waals surface area contributed by atoms with Crippen LogP contribution in [-0.4, -0.2) is 18.9 Å². The Morgan fingerprint density at radius 1 is 1.47 bits per heavy atom. The second-order valence-corrected chi connectivity index (χ2v) is 6.55. The van der Waals surface area contributed by atoms with Gasteiger partial charge in [-0.25, -0.2) is 4.79 Å². The first-order valence-corrected chi connectivity index (χ1v) is 7.08. The number of rotatable bonds is 1. The van der Waals surface area contributed by atoms with Crippen LogP contribution in [-0.2, 0) is 14.3 Å². The maximum absolute atomic E-state index is 11.9. The number of fused-ring (bicyclic) bond motifs is 2. The molecule has 19 heavy (non-hydrogen) atoms. The lowest BCUT2D eigenvalue weighted by atomic mass is 9.56. The van der Waals surface area contributed by atoms with Crippen LogP contribution in [0.4, 0.5) is 0 Å². The molecule has 2 saturated carbocycles. The molecule has 0 amide bonds. The van der Waals surface area contributed by atoms with Crippen LogP contribution in [0.1, 0.15) is 46.0 Å². The van der Waals surface area contributed by atoms with Crippen molar-refractivity contribution in [3.63, 3.8) is 0 Å². The van der Waals surface area contributed by atoms with Crippen LogP contribution >= 0.6 is 0 Å². The minimum atomic E-state index is -0.802. The molecule has 0 aromatic rings. The van der Waals surface area contributed by atoms with Crippen molar-refractivity contribution in [1.29, 1.82) is 0 Å². The van der Waals surface area contributed by atoms with Gasteiger partial charge in [0.25, 0.3) is 0 Å². The monoisotopic (exact) mass is 262 g/mol. The fraction of sp³-hybridized carbons (Fsp3) is 0.688. The highest BCUT2D eigenvalue weighted by Gasteiger charge is 2.58. The Labute approximate surface area is 114 Å². The van der Waals surface area contributed by atoms with E-state index in [-0.39, 0.29) is 11.4 Å². The summed E-state index contributed by atoms with van der Waals surface area (Å²) in [4.78, 5) is 11.9. The topological polar surface area (TPSA) is 35.5 Å². The van der Waals surface area contributed by atoms with Crippen molar-refractivity contribution < 1.29 is 14.3 Å². The summed E-state index contributed by atoms with van der Waals surface area (Å²) in [5.74, 6) is -0.557. The smallest absolute Gasteiger partial charge is 0.336 e. The largest absolute Gasteiger partial charge is 0.426 e. The Bertz CT molecular complexity index is 490. The van der Waals surface area contributed by atoms with Gasteiger partial charge in [-0.2, -0.15) is 0 Å². The number of hydrogen-bond acceptors (Lipinski definition) is 3. The molecule has 0 spiro atoms. The Morgan fingerprint density at radius 2 is 2.21 bits per heavy atom. The van der Waals surface area contributed by atoms with Crippen LogP contribution < -0.4 is 0 Å². The number of hydrogen-bond donors (Lipinski definition) is 0. The third-order valence-electron chi connectivity index (χ3n) is 5.43. The molecule has 2 aliphatic carbocycles. The molecule has 3 nitrogen and oxygen atoms in total. The molecule has 2 fully saturated rings. The normalized spacial score (nSPS) is 41.9. The average Bonchev–Trinajstić information content (AvgIpc) is 2.59. The van der Waals surface area contributed by atoms with Crippen LogP contribution in [0.3, 0.4) is 0 Å². The van der Waals surface area contributed by atoms with Gasteiger partial charge in [-0.05, 0) is 43.9 Å². The van der Waals surface area contributed by atoms with E-state index in [1.165, 1.54) is 12.0 Å². The third-order valence-corrected chi connectivity index (χ3v) is 5.43. The van der Waals surface area contributed by atoms with Gasteiger partial charge in [-0.15, -0.1) is 0 Å². The molecular formula is C16H22O3. The van der Waals surface area contributed by atoms with Gasteiger partial charge in [0.15, 0.2) is 0 Å². The van der Waals surface area contributed by atoms with Crippen molar-refractivity contribution in [2.75, 3.05) is 7.11 Å². The molecule has 0 radical (unpaired) electrons. The zero-order chi connectivity index (χ0) is 13.8. The molecule has 0 unspecified atom stereocenters. The lowest BCUT2D eigenvalue weighted by molar-refractivity contribution is -0.215. The predicted octanol–water partition coefficient (Wildman–Crippen LogP) is 3.36. The van der Waals surface area contributed by atoms with Gasteiger partial charge < -0.3 is 9.47 Å². The fourth-order valence-electron chi connectivity index (χ4n) is 4.28. The van der Waals surface area contributed by atoms with Crippen molar-refractivity contribution in [3.8, 4) is 0 Å². The van der Waals surface area contributed by atoms with E-state index in [0.29, 0.717) is 5.92 Å². The highest BCUT2D eigenvalue weighted by atomic mass is 16.7. The molecule has 0 N–H and O–H groups in total. The van der Waals surface area contributed by atoms with E-state index in [2.05, 4.69) is 13.5 Å². The van der Waals surface area contributed by atoms with E-state index >= 15 is 0 Å². The number of allylic oxidation sites excluding steroid dienone is 1. The molecule has 1 heterocycles. The highest BCUT2D eigenvalue weighted by molar-refractivity contribution is 5.92. The van der Waals surface area contributed by atoms with E-state index in [0.717, 1.165) is 36.8 Å². The zero-order valence-corrected chi connectivity index (χ0v) is 12.0. The van der Waals surface area contributed by atoms with Crippen LogP contribution in [0.25, 0.3) is 0 Å². The van der Waals surface area contributed by atoms with Crippen LogP contribution in [0.15, 0.2) is 23.3 Å². The molecule has 0 bridgehead atoms. The molecule has 104 valence electrons. The molecule has 3 rings (SSSR count).